The number of ether oxygens (including phenoxy) is 1. The first-order chi connectivity index (χ1) is 9.22. The molecule has 0 saturated heterocycles. The van der Waals surface area contributed by atoms with Crippen molar-refractivity contribution in [2.75, 3.05) is 19.8 Å². The average Bonchev–Trinajstić information content (AvgIpc) is 2.44. The summed E-state index contributed by atoms with van der Waals surface area (Å²) in [6.07, 6.45) is 6.50. The van der Waals surface area contributed by atoms with Crippen molar-refractivity contribution in [3.63, 3.8) is 0 Å². The molecule has 0 aromatic rings. The first-order valence-electron chi connectivity index (χ1n) is 7.73. The number of rotatable bonds is 8. The summed E-state index contributed by atoms with van der Waals surface area (Å²) in [6, 6.07) is -0.189. The van der Waals surface area contributed by atoms with Crippen LogP contribution in [0.25, 0.3) is 0 Å². The quantitative estimate of drug-likeness (QED) is 0.664. The maximum atomic E-state index is 11.8. The number of aliphatic hydroxyl groups is 1. The second kappa shape index (κ2) is 9.32. The van der Waals surface area contributed by atoms with E-state index in [0.29, 0.717) is 18.4 Å². The molecular formula is C15H29NO3. The second-order valence-electron chi connectivity index (χ2n) is 5.49. The van der Waals surface area contributed by atoms with Gasteiger partial charge in [-0.15, -0.1) is 0 Å². The summed E-state index contributed by atoms with van der Waals surface area (Å²) in [5.41, 5.74) is 0. The minimum atomic E-state index is -0.189. The summed E-state index contributed by atoms with van der Waals surface area (Å²) in [5.74, 6) is 0.749. The van der Waals surface area contributed by atoms with Crippen LogP contribution in [-0.4, -0.2) is 36.9 Å². The van der Waals surface area contributed by atoms with Gasteiger partial charge >= 0.3 is 5.97 Å². The molecule has 2 N–H and O–H groups in total. The minimum absolute atomic E-state index is 0.138. The number of hydrogen-bond acceptors (Lipinski definition) is 4. The number of carbonyl (C=O) groups excluding carboxylic acids is 1. The van der Waals surface area contributed by atoms with Gasteiger partial charge in [-0.3, -0.25) is 4.79 Å². The molecule has 0 aliphatic heterocycles. The van der Waals surface area contributed by atoms with Crippen molar-refractivity contribution in [3.8, 4) is 0 Å². The Morgan fingerprint density at radius 3 is 2.58 bits per heavy atom. The minimum Gasteiger partial charge on any atom is -0.465 e. The molecule has 0 bridgehead atoms. The number of esters is 1. The molecule has 1 rings (SSSR count). The monoisotopic (exact) mass is 271 g/mol. The Morgan fingerprint density at radius 1 is 1.32 bits per heavy atom. The lowest BCUT2D eigenvalue weighted by Gasteiger charge is -2.31. The highest BCUT2D eigenvalue weighted by Gasteiger charge is 2.26. The van der Waals surface area contributed by atoms with Crippen LogP contribution in [0.2, 0.25) is 0 Å². The van der Waals surface area contributed by atoms with Gasteiger partial charge in [0.25, 0.3) is 0 Å². The molecule has 1 saturated carbocycles. The Bertz CT molecular complexity index is 258. The van der Waals surface area contributed by atoms with E-state index in [-0.39, 0.29) is 18.6 Å². The summed E-state index contributed by atoms with van der Waals surface area (Å²) >= 11 is 0. The second-order valence-corrected chi connectivity index (χ2v) is 5.49. The molecule has 4 nitrogen and oxygen atoms in total. The van der Waals surface area contributed by atoms with E-state index in [2.05, 4.69) is 12.2 Å². The Kier molecular flexibility index (Phi) is 8.07. The standard InChI is InChI=1S/C15H29NO3/c1-3-7-14(15(18)19-4-2)16-10-12-8-5-6-9-13(12)11-17/h12-14,16-17H,3-11H2,1-2H3. The molecule has 19 heavy (non-hydrogen) atoms. The molecule has 3 atom stereocenters. The predicted molar refractivity (Wildman–Crippen MR) is 75.9 cm³/mol. The molecule has 0 aromatic carbocycles. The van der Waals surface area contributed by atoms with Crippen molar-refractivity contribution in [2.45, 2.75) is 58.4 Å². The van der Waals surface area contributed by atoms with Crippen LogP contribution >= 0.6 is 0 Å². The summed E-state index contributed by atoms with van der Waals surface area (Å²) in [4.78, 5) is 11.8. The molecular weight excluding hydrogens is 242 g/mol. The van der Waals surface area contributed by atoms with E-state index < -0.39 is 0 Å². The van der Waals surface area contributed by atoms with E-state index >= 15 is 0 Å². The van der Waals surface area contributed by atoms with E-state index in [9.17, 15) is 9.90 Å². The zero-order valence-electron chi connectivity index (χ0n) is 12.4. The Labute approximate surface area is 116 Å². The van der Waals surface area contributed by atoms with Crippen molar-refractivity contribution in [3.05, 3.63) is 0 Å². The normalized spacial score (nSPS) is 25.0. The third-order valence-electron chi connectivity index (χ3n) is 4.08. The van der Waals surface area contributed by atoms with Crippen LogP contribution < -0.4 is 5.32 Å². The molecule has 3 unspecified atom stereocenters. The van der Waals surface area contributed by atoms with Gasteiger partial charge in [0.1, 0.15) is 6.04 Å². The van der Waals surface area contributed by atoms with Gasteiger partial charge < -0.3 is 15.2 Å². The first kappa shape index (κ1) is 16.4. The summed E-state index contributed by atoms with van der Waals surface area (Å²) in [6.45, 7) is 5.43. The highest BCUT2D eigenvalue weighted by Crippen LogP contribution is 2.29. The molecule has 1 aliphatic carbocycles. The SMILES string of the molecule is CCCC(NCC1CCCCC1CO)C(=O)OCC. The summed E-state index contributed by atoms with van der Waals surface area (Å²) < 4.78 is 5.10. The van der Waals surface area contributed by atoms with Crippen LogP contribution in [0.4, 0.5) is 0 Å². The maximum Gasteiger partial charge on any atom is 0.323 e. The van der Waals surface area contributed by atoms with Gasteiger partial charge in [-0.25, -0.2) is 0 Å². The van der Waals surface area contributed by atoms with Crippen molar-refractivity contribution < 1.29 is 14.6 Å². The van der Waals surface area contributed by atoms with Crippen LogP contribution in [0, 0.1) is 11.8 Å². The molecule has 0 radical (unpaired) electrons. The fraction of sp³-hybridized carbons (Fsp3) is 0.933. The van der Waals surface area contributed by atoms with Gasteiger partial charge in [-0.2, -0.15) is 0 Å². The zero-order valence-corrected chi connectivity index (χ0v) is 12.4. The fourth-order valence-corrected chi connectivity index (χ4v) is 2.92. The molecule has 0 aromatic heterocycles. The van der Waals surface area contributed by atoms with Crippen LogP contribution in [0.3, 0.4) is 0 Å². The van der Waals surface area contributed by atoms with E-state index in [4.69, 9.17) is 4.74 Å². The van der Waals surface area contributed by atoms with Crippen molar-refractivity contribution in [1.29, 1.82) is 0 Å². The zero-order chi connectivity index (χ0) is 14.1. The molecule has 0 spiro atoms. The maximum absolute atomic E-state index is 11.8. The van der Waals surface area contributed by atoms with Crippen molar-refractivity contribution >= 4 is 5.97 Å². The third kappa shape index (κ3) is 5.49. The van der Waals surface area contributed by atoms with Crippen LogP contribution in [0.15, 0.2) is 0 Å². The Balaban J connectivity index is 2.43. The van der Waals surface area contributed by atoms with Crippen molar-refractivity contribution in [2.24, 2.45) is 11.8 Å². The fourth-order valence-electron chi connectivity index (χ4n) is 2.92. The molecule has 1 fully saturated rings. The number of aliphatic hydroxyl groups excluding tert-OH is 1. The molecule has 4 heteroatoms. The average molecular weight is 271 g/mol. The van der Waals surface area contributed by atoms with Gasteiger partial charge in [-0.1, -0.05) is 26.2 Å². The van der Waals surface area contributed by atoms with E-state index in [1.807, 2.05) is 6.92 Å². The molecule has 0 heterocycles. The smallest absolute Gasteiger partial charge is 0.323 e. The Hall–Kier alpha value is -0.610. The molecule has 0 amide bonds. The number of hydrogen-bond donors (Lipinski definition) is 2. The van der Waals surface area contributed by atoms with Gasteiger partial charge in [0.05, 0.1) is 6.61 Å². The van der Waals surface area contributed by atoms with E-state index in [1.165, 1.54) is 12.8 Å². The molecule has 1 aliphatic rings. The predicted octanol–water partition coefficient (Wildman–Crippen LogP) is 2.11. The summed E-state index contributed by atoms with van der Waals surface area (Å²) in [7, 11) is 0. The topological polar surface area (TPSA) is 58.6 Å². The molecule has 112 valence electrons. The lowest BCUT2D eigenvalue weighted by atomic mass is 9.79. The highest BCUT2D eigenvalue weighted by atomic mass is 16.5. The Morgan fingerprint density at radius 2 is 2.00 bits per heavy atom. The van der Waals surface area contributed by atoms with Gasteiger partial charge in [0, 0.05) is 6.61 Å². The largest absolute Gasteiger partial charge is 0.465 e. The first-order valence-corrected chi connectivity index (χ1v) is 7.73. The van der Waals surface area contributed by atoms with E-state index in [1.54, 1.807) is 0 Å². The van der Waals surface area contributed by atoms with Gasteiger partial charge in [0.15, 0.2) is 0 Å². The number of nitrogens with one attached hydrogen (secondary N) is 1. The lowest BCUT2D eigenvalue weighted by Crippen LogP contribution is -2.42. The third-order valence-corrected chi connectivity index (χ3v) is 4.08. The summed E-state index contributed by atoms with van der Waals surface area (Å²) in [5, 5.41) is 12.8. The van der Waals surface area contributed by atoms with Crippen molar-refractivity contribution in [1.82, 2.24) is 5.32 Å². The van der Waals surface area contributed by atoms with Gasteiger partial charge in [0.2, 0.25) is 0 Å². The highest BCUT2D eigenvalue weighted by molar-refractivity contribution is 5.75. The number of carbonyl (C=O) groups is 1. The van der Waals surface area contributed by atoms with Crippen LogP contribution in [0.5, 0.6) is 0 Å². The van der Waals surface area contributed by atoms with Crippen LogP contribution in [-0.2, 0) is 9.53 Å². The lowest BCUT2D eigenvalue weighted by molar-refractivity contribution is -0.146. The van der Waals surface area contributed by atoms with E-state index in [0.717, 1.165) is 32.2 Å². The van der Waals surface area contributed by atoms with Crippen LogP contribution in [0.1, 0.15) is 52.4 Å². The van der Waals surface area contributed by atoms with Gasteiger partial charge in [-0.05, 0) is 44.6 Å².